The molecule has 0 aliphatic rings. The predicted octanol–water partition coefficient (Wildman–Crippen LogP) is 5.99. The highest BCUT2D eigenvalue weighted by Gasteiger charge is 2.23. The van der Waals surface area contributed by atoms with Crippen LogP contribution in [-0.4, -0.2) is 42.8 Å². The van der Waals surface area contributed by atoms with E-state index in [1.165, 1.54) is 0 Å². The molecule has 0 unspecified atom stereocenters. The van der Waals surface area contributed by atoms with Crippen LogP contribution in [0.25, 0.3) is 11.1 Å². The van der Waals surface area contributed by atoms with Gasteiger partial charge >= 0.3 is 12.1 Å². The third kappa shape index (κ3) is 6.99. The number of amides is 1. The maximum Gasteiger partial charge on any atom is 0.410 e. The van der Waals surface area contributed by atoms with E-state index in [9.17, 15) is 9.59 Å². The fourth-order valence-corrected chi connectivity index (χ4v) is 3.74. The van der Waals surface area contributed by atoms with Crippen molar-refractivity contribution in [3.8, 4) is 16.9 Å². The van der Waals surface area contributed by atoms with Gasteiger partial charge in [0, 0.05) is 16.6 Å². The molecule has 0 N–H and O–H groups in total. The molecule has 0 saturated carbocycles. The van der Waals surface area contributed by atoms with Gasteiger partial charge in [0.1, 0.15) is 11.4 Å². The zero-order valence-corrected chi connectivity index (χ0v) is 21.2. The highest BCUT2D eigenvalue weighted by Crippen LogP contribution is 2.37. The van der Waals surface area contributed by atoms with Gasteiger partial charge < -0.3 is 19.1 Å². The largest absolute Gasteiger partial charge is 0.496 e. The molecule has 0 fully saturated rings. The Kier molecular flexibility index (Phi) is 9.13. The average Bonchev–Trinajstić information content (AvgIpc) is 2.71. The second-order valence-electron chi connectivity index (χ2n) is 8.28. The minimum Gasteiger partial charge on any atom is -0.496 e. The Morgan fingerprint density at radius 3 is 2.38 bits per heavy atom. The molecule has 2 aromatic carbocycles. The molecule has 0 radical (unpaired) electrons. The van der Waals surface area contributed by atoms with Gasteiger partial charge in [-0.3, -0.25) is 4.79 Å². The molecule has 0 aliphatic heterocycles. The van der Waals surface area contributed by atoms with Crippen molar-refractivity contribution in [1.29, 1.82) is 0 Å². The van der Waals surface area contributed by atoms with Crippen molar-refractivity contribution in [2.45, 2.75) is 53.2 Å². The smallest absolute Gasteiger partial charge is 0.410 e. The number of benzene rings is 2. The molecule has 2 rings (SSSR count). The zero-order valence-electron chi connectivity index (χ0n) is 19.7. The van der Waals surface area contributed by atoms with Crippen LogP contribution in [0.15, 0.2) is 40.9 Å². The second-order valence-corrected chi connectivity index (χ2v) is 9.13. The van der Waals surface area contributed by atoms with E-state index in [-0.39, 0.29) is 18.5 Å². The van der Waals surface area contributed by atoms with E-state index in [0.717, 1.165) is 26.7 Å². The molecule has 1 amide bonds. The van der Waals surface area contributed by atoms with Gasteiger partial charge in [0.15, 0.2) is 0 Å². The van der Waals surface area contributed by atoms with Crippen molar-refractivity contribution in [3.05, 3.63) is 52.0 Å². The summed E-state index contributed by atoms with van der Waals surface area (Å²) in [6, 6.07) is 11.5. The minimum absolute atomic E-state index is 0.174. The van der Waals surface area contributed by atoms with Crippen LogP contribution in [0.2, 0.25) is 0 Å². The number of rotatable bonds is 8. The minimum atomic E-state index is -0.577. The SMILES string of the molecule is CCOC(=O)Cc1ccc(OC)c(-c2cccc(Br)c2CN(CC)C(=O)OC(C)(C)C)c1. The van der Waals surface area contributed by atoms with Gasteiger partial charge in [0.2, 0.25) is 0 Å². The molecular formula is C25H32BrNO5. The lowest BCUT2D eigenvalue weighted by Crippen LogP contribution is -2.36. The van der Waals surface area contributed by atoms with Gasteiger partial charge in [-0.2, -0.15) is 0 Å². The van der Waals surface area contributed by atoms with Gasteiger partial charge in [0.05, 0.1) is 26.7 Å². The number of nitrogens with zero attached hydrogens (tertiary/aromatic N) is 1. The zero-order chi connectivity index (χ0) is 23.9. The van der Waals surface area contributed by atoms with Crippen molar-refractivity contribution >= 4 is 28.0 Å². The van der Waals surface area contributed by atoms with E-state index in [1.54, 1.807) is 18.9 Å². The van der Waals surface area contributed by atoms with Crippen molar-refractivity contribution in [2.75, 3.05) is 20.3 Å². The molecule has 0 saturated heterocycles. The molecule has 0 spiro atoms. The summed E-state index contributed by atoms with van der Waals surface area (Å²) >= 11 is 3.64. The van der Waals surface area contributed by atoms with E-state index in [0.29, 0.717) is 25.4 Å². The number of hydrogen-bond donors (Lipinski definition) is 0. The van der Waals surface area contributed by atoms with Gasteiger partial charge in [-0.25, -0.2) is 4.79 Å². The molecule has 174 valence electrons. The lowest BCUT2D eigenvalue weighted by atomic mass is 9.96. The van der Waals surface area contributed by atoms with Crippen LogP contribution in [0.5, 0.6) is 5.75 Å². The lowest BCUT2D eigenvalue weighted by Gasteiger charge is -2.27. The van der Waals surface area contributed by atoms with Crippen LogP contribution < -0.4 is 4.74 Å². The number of halogens is 1. The molecule has 7 heteroatoms. The molecule has 0 atom stereocenters. The second kappa shape index (κ2) is 11.4. The van der Waals surface area contributed by atoms with Gasteiger partial charge in [0.25, 0.3) is 0 Å². The molecular weight excluding hydrogens is 474 g/mol. The first-order valence-electron chi connectivity index (χ1n) is 10.7. The van der Waals surface area contributed by atoms with E-state index < -0.39 is 5.60 Å². The Morgan fingerprint density at radius 2 is 1.78 bits per heavy atom. The Hall–Kier alpha value is -2.54. The fraction of sp³-hybridized carbons (Fsp3) is 0.440. The number of methoxy groups -OCH3 is 1. The number of ether oxygens (including phenoxy) is 3. The van der Waals surface area contributed by atoms with Crippen molar-refractivity contribution in [3.63, 3.8) is 0 Å². The van der Waals surface area contributed by atoms with Crippen LogP contribution in [0, 0.1) is 0 Å². The monoisotopic (exact) mass is 505 g/mol. The Bertz CT molecular complexity index is 952. The lowest BCUT2D eigenvalue weighted by molar-refractivity contribution is -0.142. The van der Waals surface area contributed by atoms with Crippen LogP contribution in [0.3, 0.4) is 0 Å². The van der Waals surface area contributed by atoms with Gasteiger partial charge in [-0.1, -0.05) is 34.1 Å². The summed E-state index contributed by atoms with van der Waals surface area (Å²) in [5.41, 5.74) is 2.91. The maximum absolute atomic E-state index is 12.7. The first kappa shape index (κ1) is 25.7. The van der Waals surface area contributed by atoms with Crippen molar-refractivity contribution < 1.29 is 23.8 Å². The maximum atomic E-state index is 12.7. The molecule has 0 heterocycles. The van der Waals surface area contributed by atoms with Gasteiger partial charge in [-0.15, -0.1) is 0 Å². The summed E-state index contributed by atoms with van der Waals surface area (Å²) in [6.07, 6.45) is -0.197. The highest BCUT2D eigenvalue weighted by atomic mass is 79.9. The van der Waals surface area contributed by atoms with Crippen LogP contribution in [-0.2, 0) is 27.2 Å². The summed E-state index contributed by atoms with van der Waals surface area (Å²) in [6.45, 7) is 10.4. The molecule has 32 heavy (non-hydrogen) atoms. The van der Waals surface area contributed by atoms with Crippen LogP contribution >= 0.6 is 15.9 Å². The summed E-state index contributed by atoms with van der Waals surface area (Å²) in [4.78, 5) is 26.4. The molecule has 6 nitrogen and oxygen atoms in total. The summed E-state index contributed by atoms with van der Waals surface area (Å²) < 4.78 is 17.1. The number of carbonyl (C=O) groups excluding carboxylic acids is 2. The normalized spacial score (nSPS) is 11.1. The predicted molar refractivity (Wildman–Crippen MR) is 129 cm³/mol. The summed E-state index contributed by atoms with van der Waals surface area (Å²) in [7, 11) is 1.61. The molecule has 2 aromatic rings. The first-order valence-corrected chi connectivity index (χ1v) is 11.5. The average molecular weight is 506 g/mol. The Morgan fingerprint density at radius 1 is 1.06 bits per heavy atom. The summed E-state index contributed by atoms with van der Waals surface area (Å²) in [5, 5.41) is 0. The Balaban J connectivity index is 2.48. The van der Waals surface area contributed by atoms with Gasteiger partial charge in [-0.05, 0) is 69.5 Å². The third-order valence-corrected chi connectivity index (χ3v) is 5.45. The molecule has 0 aliphatic carbocycles. The van der Waals surface area contributed by atoms with Crippen molar-refractivity contribution in [1.82, 2.24) is 4.90 Å². The molecule has 0 aromatic heterocycles. The van der Waals surface area contributed by atoms with Crippen LogP contribution in [0.4, 0.5) is 4.79 Å². The molecule has 0 bridgehead atoms. The fourth-order valence-electron chi connectivity index (χ4n) is 3.25. The highest BCUT2D eigenvalue weighted by molar-refractivity contribution is 9.10. The number of esters is 1. The Labute approximate surface area is 199 Å². The van der Waals surface area contributed by atoms with Crippen molar-refractivity contribution in [2.24, 2.45) is 0 Å². The first-order chi connectivity index (χ1) is 15.1. The quantitative estimate of drug-likeness (QED) is 0.412. The van der Waals surface area contributed by atoms with E-state index >= 15 is 0 Å². The third-order valence-electron chi connectivity index (χ3n) is 4.71. The number of hydrogen-bond acceptors (Lipinski definition) is 5. The van der Waals surface area contributed by atoms with E-state index in [4.69, 9.17) is 14.2 Å². The topological polar surface area (TPSA) is 65.1 Å². The standard InChI is InChI=1S/C25H32BrNO5/c1-7-27(24(29)32-25(3,4)5)16-20-18(10-9-11-21(20)26)19-14-17(12-13-22(19)30-6)15-23(28)31-8-2/h9-14H,7-8,15-16H2,1-6H3. The number of carbonyl (C=O) groups is 2. The van der Waals surface area contributed by atoms with E-state index in [2.05, 4.69) is 15.9 Å². The van der Waals surface area contributed by atoms with Crippen LogP contribution in [0.1, 0.15) is 45.7 Å². The van der Waals surface area contributed by atoms with E-state index in [1.807, 2.05) is 64.1 Å². The summed E-state index contributed by atoms with van der Waals surface area (Å²) in [5.74, 6) is 0.400.